The average molecular weight is 233 g/mol. The summed E-state index contributed by atoms with van der Waals surface area (Å²) in [5, 5.41) is 18.9. The van der Waals surface area contributed by atoms with E-state index in [0.717, 1.165) is 0 Å². The number of ether oxygens (including phenoxy) is 1. The molecule has 16 heavy (non-hydrogen) atoms. The summed E-state index contributed by atoms with van der Waals surface area (Å²) in [4.78, 5) is 31.5. The predicted octanol–water partition coefficient (Wildman–Crippen LogP) is 0.838. The molecule has 7 heteroatoms. The second-order valence-corrected chi connectivity index (χ2v) is 4.14. The van der Waals surface area contributed by atoms with Crippen molar-refractivity contribution in [3.8, 4) is 0 Å². The average Bonchev–Trinajstić information content (AvgIpc) is 1.99. The number of carboxylic acids is 1. The van der Waals surface area contributed by atoms with Crippen LogP contribution in [-0.4, -0.2) is 33.6 Å². The second kappa shape index (κ2) is 5.43. The van der Waals surface area contributed by atoms with Gasteiger partial charge in [-0.25, -0.2) is 0 Å². The highest BCUT2D eigenvalue weighted by atomic mass is 16.6. The van der Waals surface area contributed by atoms with Crippen molar-refractivity contribution < 1.29 is 24.4 Å². The molecule has 0 saturated carbocycles. The molecule has 7 nitrogen and oxygen atoms in total. The summed E-state index contributed by atoms with van der Waals surface area (Å²) >= 11 is 0. The first-order valence-electron chi connectivity index (χ1n) is 4.71. The van der Waals surface area contributed by atoms with Crippen molar-refractivity contribution >= 4 is 11.9 Å². The van der Waals surface area contributed by atoms with Crippen molar-refractivity contribution in [1.29, 1.82) is 0 Å². The molecule has 0 aromatic carbocycles. The Hall–Kier alpha value is -1.66. The van der Waals surface area contributed by atoms with Gasteiger partial charge >= 0.3 is 11.9 Å². The lowest BCUT2D eigenvalue weighted by Crippen LogP contribution is -2.35. The predicted molar refractivity (Wildman–Crippen MR) is 53.5 cm³/mol. The van der Waals surface area contributed by atoms with Crippen LogP contribution in [0.3, 0.4) is 0 Å². The van der Waals surface area contributed by atoms with Gasteiger partial charge < -0.3 is 9.84 Å². The molecule has 0 saturated heterocycles. The van der Waals surface area contributed by atoms with Gasteiger partial charge in [0.15, 0.2) is 0 Å². The van der Waals surface area contributed by atoms with Gasteiger partial charge in [-0.3, -0.25) is 19.7 Å². The number of carboxylic acid groups (broad SMARTS) is 1. The summed E-state index contributed by atoms with van der Waals surface area (Å²) in [6, 6.07) is 0. The van der Waals surface area contributed by atoms with E-state index in [9.17, 15) is 19.7 Å². The molecule has 0 heterocycles. The maximum atomic E-state index is 11.2. The minimum atomic E-state index is -1.40. The molecule has 0 bridgehead atoms. The Bertz CT molecular complexity index is 298. The lowest BCUT2D eigenvalue weighted by molar-refractivity contribution is -0.559. The molecule has 0 spiro atoms. The summed E-state index contributed by atoms with van der Waals surface area (Å²) in [5.74, 6) is -1.86. The van der Waals surface area contributed by atoms with E-state index in [1.54, 1.807) is 0 Å². The van der Waals surface area contributed by atoms with Crippen LogP contribution >= 0.6 is 0 Å². The summed E-state index contributed by atoms with van der Waals surface area (Å²) in [6.45, 7) is 4.03. The van der Waals surface area contributed by atoms with E-state index in [1.807, 2.05) is 0 Å². The first-order chi connectivity index (χ1) is 7.15. The van der Waals surface area contributed by atoms with Gasteiger partial charge in [0.05, 0.1) is 6.42 Å². The molecule has 0 aromatic rings. The largest absolute Gasteiger partial charge is 0.481 e. The number of hydrogen-bond donors (Lipinski definition) is 1. The number of carbonyl (C=O) groups excluding carboxylic acids is 1. The van der Waals surface area contributed by atoms with E-state index in [4.69, 9.17) is 9.84 Å². The van der Waals surface area contributed by atoms with Crippen LogP contribution in [0, 0.1) is 10.1 Å². The third-order valence-electron chi connectivity index (χ3n) is 1.87. The maximum absolute atomic E-state index is 11.2. The van der Waals surface area contributed by atoms with Crippen molar-refractivity contribution in [2.45, 2.75) is 45.3 Å². The third kappa shape index (κ3) is 5.28. The fourth-order valence-corrected chi connectivity index (χ4v) is 0.971. The van der Waals surface area contributed by atoms with Crippen molar-refractivity contribution in [3.05, 3.63) is 10.1 Å². The highest BCUT2D eigenvalue weighted by Gasteiger charge is 2.35. The molecule has 1 N–H and O–H groups in total. The maximum Gasteiger partial charge on any atom is 0.313 e. The molecule has 0 rings (SSSR count). The standard InChI is InChI=1S/C9H15NO6/c1-6(4-7(11)12)16-8(13)5-9(2,3)10(14)15/h6H,4-5H2,1-3H3,(H,11,12). The van der Waals surface area contributed by atoms with Crippen LogP contribution in [0.4, 0.5) is 0 Å². The van der Waals surface area contributed by atoms with Gasteiger partial charge in [0.25, 0.3) is 0 Å². The second-order valence-electron chi connectivity index (χ2n) is 4.14. The fraction of sp³-hybridized carbons (Fsp3) is 0.778. The third-order valence-corrected chi connectivity index (χ3v) is 1.87. The van der Waals surface area contributed by atoms with Crippen LogP contribution in [0.25, 0.3) is 0 Å². The highest BCUT2D eigenvalue weighted by molar-refractivity contribution is 5.72. The fourth-order valence-electron chi connectivity index (χ4n) is 0.971. The lowest BCUT2D eigenvalue weighted by Gasteiger charge is -2.16. The van der Waals surface area contributed by atoms with E-state index in [2.05, 4.69) is 0 Å². The van der Waals surface area contributed by atoms with Gasteiger partial charge in [-0.05, 0) is 6.92 Å². The first-order valence-corrected chi connectivity index (χ1v) is 4.71. The first kappa shape index (κ1) is 14.3. The number of nitro groups is 1. The van der Waals surface area contributed by atoms with E-state index >= 15 is 0 Å². The van der Waals surface area contributed by atoms with Crippen LogP contribution < -0.4 is 0 Å². The monoisotopic (exact) mass is 233 g/mol. The summed E-state index contributed by atoms with van der Waals surface area (Å²) in [5.41, 5.74) is -1.40. The van der Waals surface area contributed by atoms with E-state index in [0.29, 0.717) is 0 Å². The van der Waals surface area contributed by atoms with Crippen LogP contribution in [-0.2, 0) is 14.3 Å². The smallest absolute Gasteiger partial charge is 0.313 e. The zero-order valence-corrected chi connectivity index (χ0v) is 9.43. The molecule has 1 unspecified atom stereocenters. The minimum absolute atomic E-state index is 0.315. The van der Waals surface area contributed by atoms with Crippen LogP contribution in [0.2, 0.25) is 0 Å². The van der Waals surface area contributed by atoms with Gasteiger partial charge in [0.2, 0.25) is 5.54 Å². The Labute approximate surface area is 92.5 Å². The number of esters is 1. The van der Waals surface area contributed by atoms with Gasteiger partial charge in [0, 0.05) is 18.8 Å². The Morgan fingerprint density at radius 1 is 1.50 bits per heavy atom. The molecule has 1 atom stereocenters. The van der Waals surface area contributed by atoms with E-state index < -0.39 is 28.5 Å². The number of aliphatic carboxylic acids is 1. The SMILES string of the molecule is CC(CC(=O)O)OC(=O)CC(C)(C)[N+](=O)[O-]. The molecular weight excluding hydrogens is 218 g/mol. The Morgan fingerprint density at radius 2 is 2.00 bits per heavy atom. The van der Waals surface area contributed by atoms with Gasteiger partial charge in [-0.1, -0.05) is 0 Å². The zero-order chi connectivity index (χ0) is 12.9. The van der Waals surface area contributed by atoms with E-state index in [1.165, 1.54) is 20.8 Å². The number of hydrogen-bond acceptors (Lipinski definition) is 5. The summed E-state index contributed by atoms with van der Waals surface area (Å²) < 4.78 is 4.72. The minimum Gasteiger partial charge on any atom is -0.481 e. The Balaban J connectivity index is 4.19. The molecular formula is C9H15NO6. The van der Waals surface area contributed by atoms with E-state index in [-0.39, 0.29) is 12.8 Å². The molecule has 0 fully saturated rings. The Morgan fingerprint density at radius 3 is 2.38 bits per heavy atom. The molecule has 92 valence electrons. The highest BCUT2D eigenvalue weighted by Crippen LogP contribution is 2.14. The van der Waals surface area contributed by atoms with Crippen molar-refractivity contribution in [1.82, 2.24) is 0 Å². The molecule has 0 aromatic heterocycles. The van der Waals surface area contributed by atoms with Crippen LogP contribution in [0.1, 0.15) is 33.6 Å². The molecule has 0 aliphatic rings. The van der Waals surface area contributed by atoms with Gasteiger partial charge in [-0.2, -0.15) is 0 Å². The number of rotatable bonds is 6. The summed E-state index contributed by atoms with van der Waals surface area (Å²) in [7, 11) is 0. The number of nitrogens with zero attached hydrogens (tertiary/aromatic N) is 1. The zero-order valence-electron chi connectivity index (χ0n) is 9.43. The molecule has 0 aliphatic carbocycles. The van der Waals surface area contributed by atoms with Gasteiger partial charge in [-0.15, -0.1) is 0 Å². The van der Waals surface area contributed by atoms with Crippen LogP contribution in [0.5, 0.6) is 0 Å². The van der Waals surface area contributed by atoms with Gasteiger partial charge in [0.1, 0.15) is 12.5 Å². The molecule has 0 radical (unpaired) electrons. The lowest BCUT2D eigenvalue weighted by atomic mass is 10.0. The Kier molecular flexibility index (Phi) is 4.87. The normalized spacial score (nSPS) is 12.9. The quantitative estimate of drug-likeness (QED) is 0.414. The van der Waals surface area contributed by atoms with Crippen molar-refractivity contribution in [3.63, 3.8) is 0 Å². The van der Waals surface area contributed by atoms with Crippen molar-refractivity contribution in [2.75, 3.05) is 0 Å². The van der Waals surface area contributed by atoms with Crippen LogP contribution in [0.15, 0.2) is 0 Å². The number of carbonyl (C=O) groups is 2. The summed E-state index contributed by atoms with van der Waals surface area (Å²) in [6.07, 6.45) is -1.48. The molecule has 0 aliphatic heterocycles. The van der Waals surface area contributed by atoms with Crippen molar-refractivity contribution in [2.24, 2.45) is 0 Å². The molecule has 0 amide bonds. The topological polar surface area (TPSA) is 107 Å².